The molecular weight excluding hydrogens is 380 g/mol. The van der Waals surface area contributed by atoms with Gasteiger partial charge in [-0.05, 0) is 36.8 Å². The number of aromatic nitrogens is 1. The number of hydrogen-bond donors (Lipinski definition) is 2. The fourth-order valence-corrected chi connectivity index (χ4v) is 2.69. The molecule has 28 heavy (non-hydrogen) atoms. The van der Waals surface area contributed by atoms with Crippen molar-refractivity contribution >= 4 is 46.2 Å². The van der Waals surface area contributed by atoms with E-state index in [9.17, 15) is 9.59 Å². The number of carbonyl (C=O) groups excluding carboxylic acids is 2. The summed E-state index contributed by atoms with van der Waals surface area (Å²) in [6.45, 7) is 1.97. The molecule has 0 aliphatic heterocycles. The van der Waals surface area contributed by atoms with Gasteiger partial charge in [-0.3, -0.25) is 9.59 Å². The van der Waals surface area contributed by atoms with Gasteiger partial charge in [0, 0.05) is 10.9 Å². The Labute approximate surface area is 166 Å². The summed E-state index contributed by atoms with van der Waals surface area (Å²) >= 11 is 6.17. The molecule has 142 valence electrons. The fraction of sp³-hybridized carbons (Fsp3) is 0.100. The van der Waals surface area contributed by atoms with Crippen molar-refractivity contribution in [3.05, 3.63) is 64.8 Å². The van der Waals surface area contributed by atoms with Crippen LogP contribution in [0.4, 0.5) is 5.69 Å². The first-order chi connectivity index (χ1) is 13.5. The molecule has 2 aromatic carbocycles. The highest BCUT2D eigenvalue weighted by Crippen LogP contribution is 2.23. The van der Waals surface area contributed by atoms with Crippen LogP contribution in [0, 0.1) is 6.92 Å². The third-order valence-corrected chi connectivity index (χ3v) is 4.19. The maximum atomic E-state index is 12.0. The largest absolute Gasteiger partial charge is 0.495 e. The monoisotopic (exact) mass is 396 g/mol. The molecular formula is C20H17ClN4O3. The van der Waals surface area contributed by atoms with Crippen molar-refractivity contribution in [2.24, 2.45) is 5.10 Å². The minimum Gasteiger partial charge on any atom is -0.495 e. The van der Waals surface area contributed by atoms with Gasteiger partial charge in [0.25, 0.3) is 0 Å². The van der Waals surface area contributed by atoms with Crippen molar-refractivity contribution < 1.29 is 14.3 Å². The first-order valence-corrected chi connectivity index (χ1v) is 8.70. The highest BCUT2D eigenvalue weighted by atomic mass is 35.5. The summed E-state index contributed by atoms with van der Waals surface area (Å²) in [6, 6.07) is 14.4. The lowest BCUT2D eigenvalue weighted by atomic mass is 10.1. The molecule has 0 saturated carbocycles. The Hall–Kier alpha value is -3.45. The van der Waals surface area contributed by atoms with Gasteiger partial charge in [-0.2, -0.15) is 5.10 Å². The number of hydrazone groups is 1. The predicted octanol–water partition coefficient (Wildman–Crippen LogP) is 3.29. The van der Waals surface area contributed by atoms with E-state index in [-0.39, 0.29) is 5.15 Å². The molecule has 2 amide bonds. The molecule has 0 aliphatic rings. The lowest BCUT2D eigenvalue weighted by molar-refractivity contribution is -0.136. The zero-order valence-corrected chi connectivity index (χ0v) is 15.9. The van der Waals surface area contributed by atoms with E-state index in [2.05, 4.69) is 20.8 Å². The number of pyridine rings is 1. The maximum absolute atomic E-state index is 12.0. The van der Waals surface area contributed by atoms with Gasteiger partial charge in [0.2, 0.25) is 0 Å². The molecule has 0 radical (unpaired) electrons. The highest BCUT2D eigenvalue weighted by molar-refractivity contribution is 6.39. The molecule has 0 unspecified atom stereocenters. The van der Waals surface area contributed by atoms with Gasteiger partial charge in [0.15, 0.2) is 0 Å². The number of methoxy groups -OCH3 is 1. The minimum atomic E-state index is -0.928. The van der Waals surface area contributed by atoms with Gasteiger partial charge >= 0.3 is 11.8 Å². The van der Waals surface area contributed by atoms with Gasteiger partial charge < -0.3 is 10.1 Å². The van der Waals surface area contributed by atoms with E-state index in [4.69, 9.17) is 16.3 Å². The summed E-state index contributed by atoms with van der Waals surface area (Å²) in [7, 11) is 1.47. The van der Waals surface area contributed by atoms with E-state index in [1.807, 2.05) is 25.1 Å². The van der Waals surface area contributed by atoms with Crippen LogP contribution < -0.4 is 15.5 Å². The summed E-state index contributed by atoms with van der Waals surface area (Å²) in [4.78, 5) is 28.3. The van der Waals surface area contributed by atoms with E-state index < -0.39 is 11.8 Å². The van der Waals surface area contributed by atoms with Crippen LogP contribution >= 0.6 is 11.6 Å². The number of fused-ring (bicyclic) bond motifs is 1. The van der Waals surface area contributed by atoms with Crippen LogP contribution in [-0.4, -0.2) is 30.1 Å². The SMILES string of the molecule is COc1ccccc1NC(=O)C(=O)NN=Cc1cc2ccc(C)cc2nc1Cl. The number of aryl methyl sites for hydroxylation is 1. The number of nitrogens with zero attached hydrogens (tertiary/aromatic N) is 2. The molecule has 0 bridgehead atoms. The second kappa shape index (κ2) is 8.49. The van der Waals surface area contributed by atoms with Gasteiger partial charge in [-0.15, -0.1) is 0 Å². The Kier molecular flexibility index (Phi) is 5.86. The van der Waals surface area contributed by atoms with Crippen molar-refractivity contribution in [2.75, 3.05) is 12.4 Å². The maximum Gasteiger partial charge on any atom is 0.329 e. The lowest BCUT2D eigenvalue weighted by Gasteiger charge is -2.08. The molecule has 2 N–H and O–H groups in total. The van der Waals surface area contributed by atoms with Gasteiger partial charge in [0.1, 0.15) is 10.9 Å². The van der Waals surface area contributed by atoms with E-state index >= 15 is 0 Å². The molecule has 0 aliphatic carbocycles. The van der Waals surface area contributed by atoms with Gasteiger partial charge in [0.05, 0.1) is 24.5 Å². The fourth-order valence-electron chi connectivity index (χ4n) is 2.50. The molecule has 8 heteroatoms. The highest BCUT2D eigenvalue weighted by Gasteiger charge is 2.15. The summed E-state index contributed by atoms with van der Waals surface area (Å²) in [5.74, 6) is -1.36. The van der Waals surface area contributed by atoms with Gasteiger partial charge in [-0.1, -0.05) is 35.9 Å². The lowest BCUT2D eigenvalue weighted by Crippen LogP contribution is -2.32. The van der Waals surface area contributed by atoms with Crippen LogP contribution in [0.15, 0.2) is 53.6 Å². The summed E-state index contributed by atoms with van der Waals surface area (Å²) in [5, 5.41) is 7.38. The Bertz CT molecular complexity index is 1080. The first kappa shape index (κ1) is 19.3. The smallest absolute Gasteiger partial charge is 0.329 e. The number of carbonyl (C=O) groups is 2. The van der Waals surface area contributed by atoms with Crippen LogP contribution in [0.1, 0.15) is 11.1 Å². The van der Waals surface area contributed by atoms with Crippen molar-refractivity contribution in [3.8, 4) is 5.75 Å². The topological polar surface area (TPSA) is 92.7 Å². The molecule has 3 rings (SSSR count). The third-order valence-electron chi connectivity index (χ3n) is 3.88. The number of amides is 2. The van der Waals surface area contributed by atoms with E-state index in [1.165, 1.54) is 13.3 Å². The van der Waals surface area contributed by atoms with Crippen LogP contribution in [0.5, 0.6) is 5.75 Å². The Balaban J connectivity index is 1.67. The van der Waals surface area contributed by atoms with E-state index in [1.54, 1.807) is 30.3 Å². The molecule has 0 atom stereocenters. The quantitative estimate of drug-likeness (QED) is 0.306. The summed E-state index contributed by atoms with van der Waals surface area (Å²) in [6.07, 6.45) is 1.34. The predicted molar refractivity (Wildman–Crippen MR) is 109 cm³/mol. The molecule has 0 saturated heterocycles. The average Bonchev–Trinajstić information content (AvgIpc) is 2.68. The van der Waals surface area contributed by atoms with Crippen LogP contribution in [0.25, 0.3) is 10.9 Å². The molecule has 0 fully saturated rings. The van der Waals surface area contributed by atoms with Crippen molar-refractivity contribution in [1.82, 2.24) is 10.4 Å². The number of ether oxygens (including phenoxy) is 1. The minimum absolute atomic E-state index is 0.245. The number of nitrogens with one attached hydrogen (secondary N) is 2. The van der Waals surface area contributed by atoms with Crippen molar-refractivity contribution in [2.45, 2.75) is 6.92 Å². The number of para-hydroxylation sites is 2. The zero-order valence-electron chi connectivity index (χ0n) is 15.2. The van der Waals surface area contributed by atoms with Crippen LogP contribution in [-0.2, 0) is 9.59 Å². The molecule has 1 heterocycles. The second-order valence-electron chi connectivity index (χ2n) is 5.92. The summed E-state index contributed by atoms with van der Waals surface area (Å²) in [5.41, 5.74) is 4.90. The number of hydrogen-bond acceptors (Lipinski definition) is 5. The van der Waals surface area contributed by atoms with Crippen LogP contribution in [0.3, 0.4) is 0 Å². The molecule has 3 aromatic rings. The zero-order chi connectivity index (χ0) is 20.1. The Morgan fingerprint density at radius 3 is 2.71 bits per heavy atom. The van der Waals surface area contributed by atoms with Crippen molar-refractivity contribution in [1.29, 1.82) is 0 Å². The number of anilines is 1. The number of rotatable bonds is 4. The third kappa shape index (κ3) is 4.44. The standard InChI is InChI=1S/C20H17ClN4O3/c1-12-7-8-13-10-14(18(21)23-16(13)9-12)11-22-25-20(27)19(26)24-15-5-3-4-6-17(15)28-2/h3-11H,1-2H3,(H,24,26)(H,25,27). The van der Waals surface area contributed by atoms with Gasteiger partial charge in [-0.25, -0.2) is 10.4 Å². The number of halogens is 1. The molecule has 7 nitrogen and oxygen atoms in total. The molecule has 1 aromatic heterocycles. The second-order valence-corrected chi connectivity index (χ2v) is 6.28. The van der Waals surface area contributed by atoms with E-state index in [0.717, 1.165) is 16.5 Å². The Morgan fingerprint density at radius 2 is 1.93 bits per heavy atom. The van der Waals surface area contributed by atoms with Crippen molar-refractivity contribution in [3.63, 3.8) is 0 Å². The normalized spacial score (nSPS) is 10.8. The summed E-state index contributed by atoms with van der Waals surface area (Å²) < 4.78 is 5.12. The van der Waals surface area contributed by atoms with Crippen LogP contribution in [0.2, 0.25) is 5.15 Å². The van der Waals surface area contributed by atoms with E-state index in [0.29, 0.717) is 17.0 Å². The first-order valence-electron chi connectivity index (χ1n) is 8.32. The molecule has 0 spiro atoms. The Morgan fingerprint density at radius 1 is 1.14 bits per heavy atom. The number of benzene rings is 2. The average molecular weight is 397 g/mol.